The van der Waals surface area contributed by atoms with Gasteiger partial charge in [0, 0.05) is 23.2 Å². The summed E-state index contributed by atoms with van der Waals surface area (Å²) in [7, 11) is -1.27. The molecule has 0 saturated carbocycles. The summed E-state index contributed by atoms with van der Waals surface area (Å²) in [6.45, 7) is 2.01. The fraction of sp³-hybridized carbons (Fsp3) is 0.273. The largest absolute Gasteiger partial charge is 0.493 e. The van der Waals surface area contributed by atoms with Crippen LogP contribution < -0.4 is 20.6 Å². The molecule has 0 bridgehead atoms. The zero-order valence-electron chi connectivity index (χ0n) is 18.6. The van der Waals surface area contributed by atoms with Crippen molar-refractivity contribution in [3.8, 4) is 11.5 Å². The van der Waals surface area contributed by atoms with Gasteiger partial charge in [-0.2, -0.15) is 5.10 Å². The van der Waals surface area contributed by atoms with E-state index >= 15 is 0 Å². The molecule has 0 saturated heterocycles. The third-order valence-electron chi connectivity index (χ3n) is 5.03. The molecule has 11 heteroatoms. The van der Waals surface area contributed by atoms with Gasteiger partial charge < -0.3 is 15.2 Å². The molecule has 0 aliphatic heterocycles. The number of fused-ring (bicyclic) bond motifs is 1. The maximum absolute atomic E-state index is 14.2. The Kier molecular flexibility index (Phi) is 7.22. The van der Waals surface area contributed by atoms with E-state index in [4.69, 9.17) is 20.6 Å². The van der Waals surface area contributed by atoms with Gasteiger partial charge in [-0.15, -0.1) is 0 Å². The third-order valence-corrected chi connectivity index (χ3v) is 6.70. The van der Waals surface area contributed by atoms with E-state index in [2.05, 4.69) is 10.5 Å². The number of hydrogen-bond acceptors (Lipinski definition) is 6. The van der Waals surface area contributed by atoms with Gasteiger partial charge >= 0.3 is 0 Å². The van der Waals surface area contributed by atoms with Crippen LogP contribution in [-0.4, -0.2) is 38.3 Å². The molecule has 0 spiro atoms. The molecule has 1 aromatic heterocycles. The quantitative estimate of drug-likeness (QED) is 0.247. The minimum Gasteiger partial charge on any atom is -0.493 e. The standard InChI is InChI=1S/C22H26FN5O4S/c1-4-5-6-18(26-27-22(24)25)17-13-28(19-11-14(23)7-9-16(17)19)33(29,30)15-8-10-20(31-2)21(12-15)32-3/h7-13H,4-6H2,1-3H3,(H4,24,25,27)/b26-18+. The number of halogens is 1. The first-order chi connectivity index (χ1) is 15.7. The monoisotopic (exact) mass is 475 g/mol. The van der Waals surface area contributed by atoms with Crippen LogP contribution in [-0.2, 0) is 10.0 Å². The molecule has 3 aromatic rings. The van der Waals surface area contributed by atoms with Crippen LogP contribution in [0.25, 0.3) is 10.9 Å². The Balaban J connectivity index is 2.24. The topological polar surface area (TPSA) is 132 Å². The van der Waals surface area contributed by atoms with E-state index in [0.717, 1.165) is 22.9 Å². The van der Waals surface area contributed by atoms with Crippen LogP contribution in [0.4, 0.5) is 4.39 Å². The highest BCUT2D eigenvalue weighted by Gasteiger charge is 2.25. The molecule has 176 valence electrons. The minimum absolute atomic E-state index is 0.0539. The molecule has 3 rings (SSSR count). The Morgan fingerprint density at radius 1 is 1.18 bits per heavy atom. The number of nitrogens with two attached hydrogens (primary N) is 1. The number of nitrogens with zero attached hydrogens (tertiary/aromatic N) is 2. The lowest BCUT2D eigenvalue weighted by atomic mass is 10.0. The van der Waals surface area contributed by atoms with Crippen molar-refractivity contribution < 1.29 is 22.3 Å². The molecule has 0 atom stereocenters. The lowest BCUT2D eigenvalue weighted by molar-refractivity contribution is 0.354. The normalized spacial score (nSPS) is 12.1. The van der Waals surface area contributed by atoms with Crippen LogP contribution in [0.3, 0.4) is 0 Å². The summed E-state index contributed by atoms with van der Waals surface area (Å²) in [5.41, 5.74) is 8.96. The summed E-state index contributed by atoms with van der Waals surface area (Å²) in [4.78, 5) is -0.0539. The maximum atomic E-state index is 14.2. The van der Waals surface area contributed by atoms with Gasteiger partial charge in [0.15, 0.2) is 11.5 Å². The van der Waals surface area contributed by atoms with Crippen LogP contribution >= 0.6 is 0 Å². The molecular formula is C22H26FN5O4S. The van der Waals surface area contributed by atoms with Crippen molar-refractivity contribution in [2.24, 2.45) is 10.8 Å². The number of hydrazone groups is 1. The average Bonchev–Trinajstić information content (AvgIpc) is 3.17. The minimum atomic E-state index is -4.13. The highest BCUT2D eigenvalue weighted by Crippen LogP contribution is 2.33. The second kappa shape index (κ2) is 9.90. The molecule has 0 fully saturated rings. The molecule has 2 aromatic carbocycles. The second-order valence-corrected chi connectivity index (χ2v) is 9.02. The number of methoxy groups -OCH3 is 2. The first-order valence-electron chi connectivity index (χ1n) is 10.2. The Morgan fingerprint density at radius 2 is 1.91 bits per heavy atom. The molecule has 4 N–H and O–H groups in total. The highest BCUT2D eigenvalue weighted by atomic mass is 32.2. The van der Waals surface area contributed by atoms with Crippen LogP contribution in [0, 0.1) is 11.2 Å². The SMILES string of the molecule is CCCC/C(=N\NC(=N)N)c1cn(S(=O)(=O)c2ccc(OC)c(OC)c2)c2cc(F)ccc12. The first-order valence-corrected chi connectivity index (χ1v) is 11.6. The summed E-state index contributed by atoms with van der Waals surface area (Å²) in [6, 6.07) is 8.16. The third kappa shape index (κ3) is 4.92. The van der Waals surface area contributed by atoms with Gasteiger partial charge in [0.05, 0.1) is 30.3 Å². The highest BCUT2D eigenvalue weighted by molar-refractivity contribution is 7.90. The number of hydrogen-bond donors (Lipinski definition) is 3. The number of unbranched alkanes of at least 4 members (excludes halogenated alkanes) is 1. The van der Waals surface area contributed by atoms with Crippen LogP contribution in [0.15, 0.2) is 52.6 Å². The number of ether oxygens (including phenoxy) is 2. The van der Waals surface area contributed by atoms with Crippen molar-refractivity contribution in [2.75, 3.05) is 14.2 Å². The van der Waals surface area contributed by atoms with E-state index in [9.17, 15) is 12.8 Å². The lowest BCUT2D eigenvalue weighted by Gasteiger charge is -2.11. The molecule has 33 heavy (non-hydrogen) atoms. The van der Waals surface area contributed by atoms with Crippen molar-refractivity contribution in [2.45, 2.75) is 31.1 Å². The molecular weight excluding hydrogens is 449 g/mol. The Hall–Kier alpha value is -3.60. The van der Waals surface area contributed by atoms with Crippen LogP contribution in [0.1, 0.15) is 31.7 Å². The van der Waals surface area contributed by atoms with Crippen molar-refractivity contribution in [1.29, 1.82) is 5.41 Å². The molecule has 9 nitrogen and oxygen atoms in total. The number of guanidine groups is 1. The predicted molar refractivity (Wildman–Crippen MR) is 125 cm³/mol. The molecule has 0 aliphatic carbocycles. The number of aromatic nitrogens is 1. The molecule has 0 radical (unpaired) electrons. The first kappa shape index (κ1) is 24.1. The zero-order valence-corrected chi connectivity index (χ0v) is 19.4. The van der Waals surface area contributed by atoms with E-state index in [1.807, 2.05) is 6.92 Å². The van der Waals surface area contributed by atoms with Gasteiger partial charge in [-0.05, 0) is 43.2 Å². The summed E-state index contributed by atoms with van der Waals surface area (Å²) in [6.07, 6.45) is 3.56. The molecule has 0 unspecified atom stereocenters. The fourth-order valence-corrected chi connectivity index (χ4v) is 4.79. The second-order valence-electron chi connectivity index (χ2n) is 7.21. The van der Waals surface area contributed by atoms with Gasteiger partial charge in [-0.1, -0.05) is 13.3 Å². The van der Waals surface area contributed by atoms with Gasteiger partial charge in [-0.25, -0.2) is 22.2 Å². The maximum Gasteiger partial charge on any atom is 0.268 e. The number of nitrogens with one attached hydrogen (secondary N) is 2. The fourth-order valence-electron chi connectivity index (χ4n) is 3.41. The Labute approximate surface area is 191 Å². The average molecular weight is 476 g/mol. The van der Waals surface area contributed by atoms with E-state index in [-0.39, 0.29) is 22.1 Å². The molecule has 0 aliphatic rings. The van der Waals surface area contributed by atoms with Crippen molar-refractivity contribution in [3.05, 3.63) is 54.0 Å². The van der Waals surface area contributed by atoms with Crippen LogP contribution in [0.5, 0.6) is 11.5 Å². The van der Waals surface area contributed by atoms with Crippen molar-refractivity contribution in [3.63, 3.8) is 0 Å². The smallest absolute Gasteiger partial charge is 0.268 e. The van der Waals surface area contributed by atoms with Gasteiger partial charge in [-0.3, -0.25) is 5.41 Å². The van der Waals surface area contributed by atoms with Gasteiger partial charge in [0.2, 0.25) is 5.96 Å². The predicted octanol–water partition coefficient (Wildman–Crippen LogP) is 3.41. The van der Waals surface area contributed by atoms with E-state index in [1.54, 1.807) is 0 Å². The summed E-state index contributed by atoms with van der Waals surface area (Å²) in [5, 5.41) is 12.1. The van der Waals surface area contributed by atoms with E-state index < -0.39 is 15.8 Å². The lowest BCUT2D eigenvalue weighted by Crippen LogP contribution is -2.27. The van der Waals surface area contributed by atoms with Crippen molar-refractivity contribution >= 4 is 32.6 Å². The van der Waals surface area contributed by atoms with E-state index in [0.29, 0.717) is 28.8 Å². The Bertz CT molecular complexity index is 1320. The van der Waals surface area contributed by atoms with Crippen LogP contribution in [0.2, 0.25) is 0 Å². The number of benzene rings is 2. The molecule has 0 amide bonds. The summed E-state index contributed by atoms with van der Waals surface area (Å²) in [5.74, 6) is -0.302. The summed E-state index contributed by atoms with van der Waals surface area (Å²) < 4.78 is 52.8. The number of rotatable bonds is 9. The van der Waals surface area contributed by atoms with Gasteiger partial charge in [0.25, 0.3) is 10.0 Å². The molecule has 1 heterocycles. The van der Waals surface area contributed by atoms with Gasteiger partial charge in [0.1, 0.15) is 5.82 Å². The van der Waals surface area contributed by atoms with E-state index in [1.165, 1.54) is 50.7 Å². The zero-order chi connectivity index (χ0) is 24.2. The summed E-state index contributed by atoms with van der Waals surface area (Å²) >= 11 is 0. The Morgan fingerprint density at radius 3 is 2.55 bits per heavy atom. The van der Waals surface area contributed by atoms with Crippen molar-refractivity contribution in [1.82, 2.24) is 9.40 Å².